The summed E-state index contributed by atoms with van der Waals surface area (Å²) in [6.45, 7) is 1.59. The van der Waals surface area contributed by atoms with Gasteiger partial charge in [-0.25, -0.2) is 4.79 Å². The molecule has 4 aromatic carbocycles. The zero-order valence-corrected chi connectivity index (χ0v) is 19.7. The minimum absolute atomic E-state index is 0.120. The molecular weight excluding hydrogens is 479 g/mol. The van der Waals surface area contributed by atoms with Crippen LogP contribution in [0.1, 0.15) is 27.9 Å². The molecule has 2 atom stereocenters. The molecule has 0 radical (unpaired) electrons. The lowest BCUT2D eigenvalue weighted by molar-refractivity contribution is -0.175. The fraction of sp³-hybridized carbons (Fsp3) is 0.233. The zero-order valence-electron chi connectivity index (χ0n) is 19.7. The maximum Gasteiger partial charge on any atom is 0.416 e. The SMILES string of the molecule is O=C(O)c1cc(-c2ccc(C3(O)C4CNCC3C4)cc2)c2ccc(-c3ccc(C(F)(F)F)cc3)cc2c1. The van der Waals surface area contributed by atoms with Crippen LogP contribution in [0.15, 0.2) is 78.9 Å². The number of hydrogen-bond acceptors (Lipinski definition) is 3. The third kappa shape index (κ3) is 3.90. The van der Waals surface area contributed by atoms with Crippen molar-refractivity contribution in [1.29, 1.82) is 0 Å². The third-order valence-corrected chi connectivity index (χ3v) is 8.00. The second-order valence-electron chi connectivity index (χ2n) is 10.0. The number of benzene rings is 4. The van der Waals surface area contributed by atoms with Crippen LogP contribution in [0, 0.1) is 11.8 Å². The Morgan fingerprint density at radius 1 is 0.838 bits per heavy atom. The molecule has 188 valence electrons. The maximum atomic E-state index is 13.0. The van der Waals surface area contributed by atoms with Gasteiger partial charge in [0.25, 0.3) is 0 Å². The molecule has 0 amide bonds. The fourth-order valence-electron chi connectivity index (χ4n) is 5.94. The van der Waals surface area contributed by atoms with Crippen LogP contribution in [-0.4, -0.2) is 29.3 Å². The Hall–Kier alpha value is -3.68. The molecule has 0 aromatic heterocycles. The average molecular weight is 504 g/mol. The van der Waals surface area contributed by atoms with Crippen LogP contribution >= 0.6 is 0 Å². The first-order valence-electron chi connectivity index (χ1n) is 12.2. The second-order valence-corrected chi connectivity index (χ2v) is 10.0. The number of alkyl halides is 3. The van der Waals surface area contributed by atoms with Crippen molar-refractivity contribution < 1.29 is 28.2 Å². The molecule has 1 heterocycles. The number of carbonyl (C=O) groups is 1. The van der Waals surface area contributed by atoms with Gasteiger partial charge < -0.3 is 15.5 Å². The van der Waals surface area contributed by atoms with Gasteiger partial charge in [-0.15, -0.1) is 0 Å². The number of carboxylic acid groups (broad SMARTS) is 1. The Balaban J connectivity index is 1.40. The molecule has 3 N–H and O–H groups in total. The topological polar surface area (TPSA) is 69.6 Å². The van der Waals surface area contributed by atoms with Crippen molar-refractivity contribution in [2.75, 3.05) is 13.1 Å². The minimum atomic E-state index is -4.41. The molecule has 7 heteroatoms. The van der Waals surface area contributed by atoms with Crippen LogP contribution in [0.3, 0.4) is 0 Å². The maximum absolute atomic E-state index is 13.0. The molecule has 2 unspecified atom stereocenters. The first-order valence-corrected chi connectivity index (χ1v) is 12.2. The molecule has 6 rings (SSSR count). The van der Waals surface area contributed by atoms with Crippen LogP contribution in [0.4, 0.5) is 13.2 Å². The van der Waals surface area contributed by atoms with E-state index in [1.54, 1.807) is 18.2 Å². The highest BCUT2D eigenvalue weighted by Crippen LogP contribution is 2.53. The summed E-state index contributed by atoms with van der Waals surface area (Å²) in [6, 6.07) is 21.3. The van der Waals surface area contributed by atoms with Crippen molar-refractivity contribution >= 4 is 16.7 Å². The predicted octanol–water partition coefficient (Wildman–Crippen LogP) is 6.32. The highest BCUT2D eigenvalue weighted by atomic mass is 19.4. The molecule has 2 fully saturated rings. The van der Waals surface area contributed by atoms with Crippen LogP contribution < -0.4 is 5.32 Å². The largest absolute Gasteiger partial charge is 0.478 e. The van der Waals surface area contributed by atoms with Crippen LogP contribution in [0.25, 0.3) is 33.0 Å². The standard InChI is InChI=1S/C30H24F3NO3/c31-30(32,33)23-8-1-17(2-9-23)19-5-10-26-20(11-19)12-21(28(35)36)13-27(26)18-3-6-22(7-4-18)29(37)24-14-25(29)16-34-15-24/h1-13,24-25,34,37H,14-16H2,(H,35,36). The Morgan fingerprint density at radius 3 is 2.05 bits per heavy atom. The van der Waals surface area contributed by atoms with E-state index < -0.39 is 23.3 Å². The quantitative estimate of drug-likeness (QED) is 0.305. The molecule has 1 saturated heterocycles. The number of fused-ring (bicyclic) bond motifs is 3. The van der Waals surface area contributed by atoms with Gasteiger partial charge in [0.1, 0.15) is 0 Å². The van der Waals surface area contributed by atoms with E-state index in [2.05, 4.69) is 5.32 Å². The Labute approximate surface area is 211 Å². The van der Waals surface area contributed by atoms with Crippen molar-refractivity contribution in [3.8, 4) is 22.3 Å². The molecular formula is C30H24F3NO3. The van der Waals surface area contributed by atoms with Gasteiger partial charge in [-0.1, -0.05) is 48.5 Å². The van der Waals surface area contributed by atoms with Gasteiger partial charge >= 0.3 is 12.1 Å². The second kappa shape index (κ2) is 8.43. The monoisotopic (exact) mass is 503 g/mol. The van der Waals surface area contributed by atoms with E-state index in [0.29, 0.717) is 16.5 Å². The van der Waals surface area contributed by atoms with E-state index in [4.69, 9.17) is 0 Å². The Bertz CT molecular complexity index is 1500. The molecule has 0 spiro atoms. The van der Waals surface area contributed by atoms with E-state index in [0.717, 1.165) is 53.7 Å². The highest BCUT2D eigenvalue weighted by Gasteiger charge is 2.56. The molecule has 37 heavy (non-hydrogen) atoms. The van der Waals surface area contributed by atoms with Crippen molar-refractivity contribution in [2.24, 2.45) is 11.8 Å². The Kier molecular flexibility index (Phi) is 5.40. The normalized spacial score (nSPS) is 23.0. The van der Waals surface area contributed by atoms with E-state index in [1.165, 1.54) is 12.1 Å². The summed E-state index contributed by atoms with van der Waals surface area (Å²) in [6.07, 6.45) is -3.40. The summed E-state index contributed by atoms with van der Waals surface area (Å²) in [5.41, 5.74) is 2.31. The lowest BCUT2D eigenvalue weighted by atomic mass is 9.56. The van der Waals surface area contributed by atoms with Gasteiger partial charge in [0.2, 0.25) is 0 Å². The number of aliphatic hydroxyl groups is 1. The molecule has 1 saturated carbocycles. The van der Waals surface area contributed by atoms with Gasteiger partial charge in [0.15, 0.2) is 0 Å². The number of halogens is 3. The van der Waals surface area contributed by atoms with Crippen molar-refractivity contribution in [3.05, 3.63) is 95.6 Å². The summed E-state index contributed by atoms with van der Waals surface area (Å²) >= 11 is 0. The van der Waals surface area contributed by atoms with Crippen molar-refractivity contribution in [1.82, 2.24) is 5.32 Å². The molecule has 1 aliphatic carbocycles. The van der Waals surface area contributed by atoms with Gasteiger partial charge in [-0.3, -0.25) is 0 Å². The smallest absolute Gasteiger partial charge is 0.416 e. The van der Waals surface area contributed by atoms with Gasteiger partial charge in [-0.05, 0) is 75.3 Å². The minimum Gasteiger partial charge on any atom is -0.478 e. The van der Waals surface area contributed by atoms with Gasteiger partial charge in [0, 0.05) is 24.9 Å². The van der Waals surface area contributed by atoms with E-state index in [-0.39, 0.29) is 17.4 Å². The molecule has 2 aliphatic rings. The summed E-state index contributed by atoms with van der Waals surface area (Å²) in [7, 11) is 0. The number of carboxylic acids is 1. The van der Waals surface area contributed by atoms with Gasteiger partial charge in [-0.2, -0.15) is 13.2 Å². The number of aromatic carboxylic acids is 1. The number of hydrogen-bond donors (Lipinski definition) is 3. The lowest BCUT2D eigenvalue weighted by Gasteiger charge is -2.56. The summed E-state index contributed by atoms with van der Waals surface area (Å²) in [5.74, 6) is -0.683. The number of nitrogens with one attached hydrogen (secondary N) is 1. The van der Waals surface area contributed by atoms with Crippen LogP contribution in [0.2, 0.25) is 0 Å². The Morgan fingerprint density at radius 2 is 1.46 bits per heavy atom. The molecule has 4 nitrogen and oxygen atoms in total. The fourth-order valence-corrected chi connectivity index (χ4v) is 5.94. The van der Waals surface area contributed by atoms with Gasteiger partial charge in [0.05, 0.1) is 16.7 Å². The zero-order chi connectivity index (χ0) is 25.9. The first-order chi connectivity index (χ1) is 17.6. The summed E-state index contributed by atoms with van der Waals surface area (Å²) in [5, 5.41) is 25.9. The van der Waals surface area contributed by atoms with Crippen LogP contribution in [-0.2, 0) is 11.8 Å². The van der Waals surface area contributed by atoms with E-state index >= 15 is 0 Å². The number of piperidine rings is 2. The number of rotatable bonds is 4. The highest BCUT2D eigenvalue weighted by molar-refractivity contribution is 6.04. The van der Waals surface area contributed by atoms with E-state index in [1.807, 2.05) is 36.4 Å². The van der Waals surface area contributed by atoms with Crippen LogP contribution in [0.5, 0.6) is 0 Å². The summed E-state index contributed by atoms with van der Waals surface area (Å²) < 4.78 is 38.9. The predicted molar refractivity (Wildman–Crippen MR) is 135 cm³/mol. The van der Waals surface area contributed by atoms with Crippen molar-refractivity contribution in [3.63, 3.8) is 0 Å². The average Bonchev–Trinajstić information content (AvgIpc) is 2.91. The third-order valence-electron chi connectivity index (χ3n) is 8.00. The first kappa shape index (κ1) is 23.7. The molecule has 1 aliphatic heterocycles. The lowest BCUT2D eigenvalue weighted by Crippen LogP contribution is -2.63. The molecule has 4 aromatic rings. The summed E-state index contributed by atoms with van der Waals surface area (Å²) in [4.78, 5) is 11.9. The van der Waals surface area contributed by atoms with E-state index in [9.17, 15) is 28.2 Å². The molecule has 2 bridgehead atoms. The van der Waals surface area contributed by atoms with Crippen molar-refractivity contribution in [2.45, 2.75) is 18.2 Å².